The summed E-state index contributed by atoms with van der Waals surface area (Å²) in [5, 5.41) is 17.9. The van der Waals surface area contributed by atoms with E-state index < -0.39 is 6.10 Å². The molecule has 1 aromatic heterocycles. The maximum Gasteiger partial charge on any atom is 0.191 e. The Morgan fingerprint density at radius 2 is 2.22 bits per heavy atom. The predicted molar refractivity (Wildman–Crippen MR) is 110 cm³/mol. The summed E-state index contributed by atoms with van der Waals surface area (Å²) >= 11 is 0. The molecule has 1 aliphatic carbocycles. The largest absolute Gasteiger partial charge is 0.389 e. The molecule has 2 aromatic rings. The van der Waals surface area contributed by atoms with Gasteiger partial charge in [0.05, 0.1) is 19.3 Å². The number of hydrogen-bond acceptors (Lipinski definition) is 3. The lowest BCUT2D eigenvalue weighted by Gasteiger charge is -2.13. The van der Waals surface area contributed by atoms with Crippen LogP contribution in [0, 0.1) is 12.8 Å². The highest BCUT2D eigenvalue weighted by molar-refractivity contribution is 5.86. The van der Waals surface area contributed by atoms with Gasteiger partial charge in [0.15, 0.2) is 5.96 Å². The zero-order chi connectivity index (χ0) is 19.1. The van der Waals surface area contributed by atoms with Crippen molar-refractivity contribution in [2.75, 3.05) is 32.8 Å². The first kappa shape index (κ1) is 19.7. The molecular formula is C21H32N4O2. The number of fused-ring (bicyclic) bond motifs is 1. The summed E-state index contributed by atoms with van der Waals surface area (Å²) in [6, 6.07) is 6.38. The number of aromatic nitrogens is 1. The molecule has 0 aliphatic heterocycles. The maximum absolute atomic E-state index is 10.0. The van der Waals surface area contributed by atoms with Gasteiger partial charge in [-0.05, 0) is 50.2 Å². The molecule has 0 amide bonds. The summed E-state index contributed by atoms with van der Waals surface area (Å²) in [5.74, 6) is 1.45. The molecule has 1 unspecified atom stereocenters. The molecule has 1 heterocycles. The summed E-state index contributed by atoms with van der Waals surface area (Å²) < 4.78 is 5.53. The van der Waals surface area contributed by atoms with E-state index in [1.807, 2.05) is 6.92 Å². The van der Waals surface area contributed by atoms with E-state index >= 15 is 0 Å². The molecule has 0 spiro atoms. The highest BCUT2D eigenvalue weighted by atomic mass is 16.5. The van der Waals surface area contributed by atoms with Crippen molar-refractivity contribution in [2.45, 2.75) is 39.2 Å². The van der Waals surface area contributed by atoms with Crippen LogP contribution in [0.3, 0.4) is 0 Å². The van der Waals surface area contributed by atoms with Crippen molar-refractivity contribution in [3.05, 3.63) is 35.5 Å². The van der Waals surface area contributed by atoms with Crippen LogP contribution in [-0.4, -0.2) is 55.0 Å². The van der Waals surface area contributed by atoms with Crippen LogP contribution >= 0.6 is 0 Å². The Morgan fingerprint density at radius 1 is 1.37 bits per heavy atom. The molecule has 0 bridgehead atoms. The number of rotatable bonds is 10. The van der Waals surface area contributed by atoms with Crippen LogP contribution in [0.1, 0.15) is 30.9 Å². The third-order valence-corrected chi connectivity index (χ3v) is 4.86. The van der Waals surface area contributed by atoms with Gasteiger partial charge < -0.3 is 25.5 Å². The van der Waals surface area contributed by atoms with Gasteiger partial charge in [-0.2, -0.15) is 0 Å². The Kier molecular flexibility index (Phi) is 7.12. The van der Waals surface area contributed by atoms with E-state index in [0.717, 1.165) is 32.1 Å². The Bertz CT molecular complexity index is 752. The third-order valence-electron chi connectivity index (χ3n) is 4.86. The number of para-hydroxylation sites is 1. The summed E-state index contributed by atoms with van der Waals surface area (Å²) in [5.41, 5.74) is 3.77. The Labute approximate surface area is 161 Å². The Hall–Kier alpha value is -2.05. The quantitative estimate of drug-likeness (QED) is 0.381. The molecule has 6 nitrogen and oxygen atoms in total. The highest BCUT2D eigenvalue weighted by Crippen LogP contribution is 2.28. The molecule has 6 heteroatoms. The van der Waals surface area contributed by atoms with E-state index in [2.05, 4.69) is 51.9 Å². The van der Waals surface area contributed by atoms with Gasteiger partial charge in [0, 0.05) is 36.8 Å². The van der Waals surface area contributed by atoms with Crippen LogP contribution in [0.4, 0.5) is 0 Å². The van der Waals surface area contributed by atoms with E-state index in [4.69, 9.17) is 4.74 Å². The summed E-state index contributed by atoms with van der Waals surface area (Å²) in [6.45, 7) is 7.18. The van der Waals surface area contributed by atoms with Crippen LogP contribution < -0.4 is 10.6 Å². The fourth-order valence-corrected chi connectivity index (χ4v) is 3.13. The highest BCUT2D eigenvalue weighted by Gasteiger charge is 2.21. The number of hydrogen-bond donors (Lipinski definition) is 4. The number of benzene rings is 1. The number of aryl methyl sites for hydroxylation is 1. The second-order valence-electron chi connectivity index (χ2n) is 7.34. The number of aliphatic hydroxyl groups excluding tert-OH is 1. The molecular weight excluding hydrogens is 340 g/mol. The summed E-state index contributed by atoms with van der Waals surface area (Å²) in [4.78, 5) is 7.85. The molecule has 1 fully saturated rings. The van der Waals surface area contributed by atoms with Crippen molar-refractivity contribution in [1.82, 2.24) is 15.6 Å². The standard InChI is InChI=1S/C21H32N4O2/c1-3-22-21(25-12-18(26)14-27-13-16-7-8-16)23-10-9-17-11-24-20-15(2)5-4-6-19(17)20/h4-6,11,16,18,24,26H,3,7-10,12-14H2,1-2H3,(H2,22,23,25). The van der Waals surface area contributed by atoms with Crippen molar-refractivity contribution >= 4 is 16.9 Å². The fourth-order valence-electron chi connectivity index (χ4n) is 3.13. The monoisotopic (exact) mass is 372 g/mol. The van der Waals surface area contributed by atoms with E-state index in [-0.39, 0.29) is 0 Å². The van der Waals surface area contributed by atoms with Gasteiger partial charge in [0.2, 0.25) is 0 Å². The molecule has 1 aromatic carbocycles. The van der Waals surface area contributed by atoms with Gasteiger partial charge in [-0.1, -0.05) is 18.2 Å². The van der Waals surface area contributed by atoms with Gasteiger partial charge in [0.25, 0.3) is 0 Å². The van der Waals surface area contributed by atoms with Gasteiger partial charge in [-0.25, -0.2) is 0 Å². The number of nitrogens with one attached hydrogen (secondary N) is 3. The minimum absolute atomic E-state index is 0.340. The molecule has 4 N–H and O–H groups in total. The molecule has 1 aliphatic rings. The Balaban J connectivity index is 1.45. The molecule has 148 valence electrons. The number of aliphatic imine (C=N–C) groups is 1. The molecule has 1 atom stereocenters. The average molecular weight is 373 g/mol. The van der Waals surface area contributed by atoms with Gasteiger partial charge in [-0.3, -0.25) is 4.99 Å². The van der Waals surface area contributed by atoms with Crippen LogP contribution in [0.2, 0.25) is 0 Å². The first-order valence-electron chi connectivity index (χ1n) is 10.0. The lowest BCUT2D eigenvalue weighted by Crippen LogP contribution is -2.39. The van der Waals surface area contributed by atoms with Gasteiger partial charge in [-0.15, -0.1) is 0 Å². The number of nitrogens with zero attached hydrogens (tertiary/aromatic N) is 1. The minimum atomic E-state index is -0.559. The average Bonchev–Trinajstić information content (AvgIpc) is 3.39. The molecule has 0 saturated heterocycles. The molecule has 0 radical (unpaired) electrons. The lowest BCUT2D eigenvalue weighted by molar-refractivity contribution is 0.0368. The second kappa shape index (κ2) is 9.76. The van der Waals surface area contributed by atoms with Crippen molar-refractivity contribution in [3.63, 3.8) is 0 Å². The summed E-state index contributed by atoms with van der Waals surface area (Å²) in [7, 11) is 0. The maximum atomic E-state index is 10.0. The molecule has 27 heavy (non-hydrogen) atoms. The minimum Gasteiger partial charge on any atom is -0.389 e. The third kappa shape index (κ3) is 5.97. The predicted octanol–water partition coefficient (Wildman–Crippen LogP) is 2.36. The van der Waals surface area contributed by atoms with E-state index in [1.165, 1.54) is 34.9 Å². The van der Waals surface area contributed by atoms with Gasteiger partial charge in [0.1, 0.15) is 0 Å². The van der Waals surface area contributed by atoms with E-state index in [0.29, 0.717) is 19.1 Å². The fraction of sp³-hybridized carbons (Fsp3) is 0.571. The number of aliphatic hydroxyl groups is 1. The first-order valence-corrected chi connectivity index (χ1v) is 10.0. The number of aromatic amines is 1. The molecule has 3 rings (SSSR count). The van der Waals surface area contributed by atoms with E-state index in [9.17, 15) is 5.11 Å². The lowest BCUT2D eigenvalue weighted by atomic mass is 10.1. The Morgan fingerprint density at radius 3 is 3.00 bits per heavy atom. The topological polar surface area (TPSA) is 81.7 Å². The SMILES string of the molecule is CCNC(=NCC(O)COCC1CC1)NCCc1c[nH]c2c(C)cccc12. The molecule has 1 saturated carbocycles. The zero-order valence-electron chi connectivity index (χ0n) is 16.4. The number of ether oxygens (including phenoxy) is 1. The van der Waals surface area contributed by atoms with E-state index in [1.54, 1.807) is 0 Å². The summed E-state index contributed by atoms with van der Waals surface area (Å²) in [6.07, 6.45) is 4.96. The first-order chi connectivity index (χ1) is 13.2. The van der Waals surface area contributed by atoms with Crippen molar-refractivity contribution < 1.29 is 9.84 Å². The smallest absolute Gasteiger partial charge is 0.191 e. The van der Waals surface area contributed by atoms with Crippen molar-refractivity contribution in [2.24, 2.45) is 10.9 Å². The second-order valence-corrected chi connectivity index (χ2v) is 7.34. The van der Waals surface area contributed by atoms with Crippen LogP contribution in [0.25, 0.3) is 10.9 Å². The zero-order valence-corrected chi connectivity index (χ0v) is 16.4. The van der Waals surface area contributed by atoms with Crippen LogP contribution in [0.15, 0.2) is 29.4 Å². The van der Waals surface area contributed by atoms with Crippen LogP contribution in [-0.2, 0) is 11.2 Å². The van der Waals surface area contributed by atoms with Gasteiger partial charge >= 0.3 is 0 Å². The normalized spacial score (nSPS) is 15.9. The number of H-pyrrole nitrogens is 1. The van der Waals surface area contributed by atoms with Crippen molar-refractivity contribution in [3.8, 4) is 0 Å². The number of guanidine groups is 1. The van der Waals surface area contributed by atoms with Crippen molar-refractivity contribution in [1.29, 1.82) is 0 Å². The van der Waals surface area contributed by atoms with Crippen LogP contribution in [0.5, 0.6) is 0 Å².